The van der Waals surface area contributed by atoms with E-state index in [1.165, 1.54) is 30.5 Å². The van der Waals surface area contributed by atoms with E-state index >= 15 is 0 Å². The predicted octanol–water partition coefficient (Wildman–Crippen LogP) is 5.59. The molecule has 2 atom stereocenters. The topological polar surface area (TPSA) is 122 Å². The van der Waals surface area contributed by atoms with Gasteiger partial charge in [0.2, 0.25) is 0 Å². The number of ether oxygens (including phenoxy) is 3. The van der Waals surface area contributed by atoms with Gasteiger partial charge in [0.15, 0.2) is 23.9 Å². The molecule has 0 spiro atoms. The Kier molecular flexibility index (Phi) is 11.3. The molecular weight excluding hydrogens is 648 g/mol. The molecular formula is C37H44F2N5O6+. The third-order valence-electron chi connectivity index (χ3n) is 8.52. The lowest BCUT2D eigenvalue weighted by Gasteiger charge is -2.30. The standard InChI is InChI=1S/C37H43F2N5O6/c1-22-9-10-25(17-30(22)39)32(21-43-13-14-44(24(3)20-43)36(47)50-37(4,5)6)49-31-16-23(2)27(35(46)42-33-29(38)8-7-12-40-33)18-28(31)34(45)41-19-26-11-15-48-26/h7-10,12,16-18,26,32H,11,13-15,19-21H2,1-6H3,(H-,40,41,42,45,46)/p+1/t26?,32-/m1/s1. The van der Waals surface area contributed by atoms with Gasteiger partial charge in [0.1, 0.15) is 23.3 Å². The van der Waals surface area contributed by atoms with Gasteiger partial charge in [-0.25, -0.2) is 13.8 Å². The SMILES string of the molecule is CC1=[N+](C(=O)OC(C)(C)C)CCN(C[C@@H](Oc2cc(C)c(C(=O)Nc3ncccc3F)cc2C(=O)NCC2CCO2)c2ccc(C)c(F)c2)C1. The quantitative estimate of drug-likeness (QED) is 0.264. The summed E-state index contributed by atoms with van der Waals surface area (Å²) in [6.07, 6.45) is 0.866. The molecule has 1 fully saturated rings. The maximum atomic E-state index is 14.9. The normalized spacial score (nSPS) is 17.1. The number of nitrogens with zero attached hydrogens (tertiary/aromatic N) is 3. The van der Waals surface area contributed by atoms with Crippen LogP contribution in [0.15, 0.2) is 48.7 Å². The van der Waals surface area contributed by atoms with Gasteiger partial charge in [-0.05, 0) is 88.1 Å². The highest BCUT2D eigenvalue weighted by Crippen LogP contribution is 2.31. The van der Waals surface area contributed by atoms with E-state index in [9.17, 15) is 23.2 Å². The molecule has 0 aliphatic carbocycles. The fraction of sp³-hybridized carbons (Fsp3) is 0.432. The third-order valence-corrected chi connectivity index (χ3v) is 8.52. The number of nitrogens with one attached hydrogen (secondary N) is 2. The van der Waals surface area contributed by atoms with E-state index in [-0.39, 0.29) is 35.3 Å². The van der Waals surface area contributed by atoms with Crippen molar-refractivity contribution < 1.29 is 42.0 Å². The number of aromatic nitrogens is 1. The summed E-state index contributed by atoms with van der Waals surface area (Å²) < 4.78 is 48.5. The summed E-state index contributed by atoms with van der Waals surface area (Å²) >= 11 is 0. The highest BCUT2D eigenvalue weighted by molar-refractivity contribution is 6.07. The van der Waals surface area contributed by atoms with Crippen LogP contribution in [0.5, 0.6) is 5.75 Å². The Morgan fingerprint density at radius 1 is 1.04 bits per heavy atom. The van der Waals surface area contributed by atoms with Gasteiger partial charge >= 0.3 is 6.09 Å². The molecule has 5 rings (SSSR count). The highest BCUT2D eigenvalue weighted by Gasteiger charge is 2.34. The van der Waals surface area contributed by atoms with Gasteiger partial charge in [0, 0.05) is 38.4 Å². The summed E-state index contributed by atoms with van der Waals surface area (Å²) in [5, 5.41) is 5.34. The maximum Gasteiger partial charge on any atom is 0.596 e. The van der Waals surface area contributed by atoms with Crippen LogP contribution in [0.4, 0.5) is 19.4 Å². The van der Waals surface area contributed by atoms with Crippen LogP contribution in [0.2, 0.25) is 0 Å². The number of aryl methyl sites for hydroxylation is 2. The second kappa shape index (κ2) is 15.4. The number of hydrogen-bond donors (Lipinski definition) is 2. The van der Waals surface area contributed by atoms with Gasteiger partial charge in [-0.1, -0.05) is 12.1 Å². The average Bonchev–Trinajstić information content (AvgIpc) is 3.01. The molecule has 0 radical (unpaired) electrons. The molecule has 266 valence electrons. The first-order valence-electron chi connectivity index (χ1n) is 16.6. The molecule has 2 N–H and O–H groups in total. The summed E-state index contributed by atoms with van der Waals surface area (Å²) in [5.74, 6) is -2.34. The summed E-state index contributed by atoms with van der Waals surface area (Å²) in [7, 11) is 0. The molecule has 2 aliphatic heterocycles. The van der Waals surface area contributed by atoms with Crippen molar-refractivity contribution in [3.05, 3.63) is 88.1 Å². The van der Waals surface area contributed by atoms with Crippen molar-refractivity contribution in [1.29, 1.82) is 0 Å². The van der Waals surface area contributed by atoms with Crippen molar-refractivity contribution >= 4 is 29.4 Å². The second-order valence-corrected chi connectivity index (χ2v) is 13.7. The van der Waals surface area contributed by atoms with E-state index in [1.54, 1.807) is 36.6 Å². The number of carbonyl (C=O) groups is 3. The van der Waals surface area contributed by atoms with Crippen molar-refractivity contribution in [3.63, 3.8) is 0 Å². The Morgan fingerprint density at radius 2 is 1.80 bits per heavy atom. The smallest absolute Gasteiger partial charge is 0.484 e. The summed E-state index contributed by atoms with van der Waals surface area (Å²) in [6, 6.07) is 10.4. The number of pyridine rings is 1. The Labute approximate surface area is 290 Å². The third kappa shape index (κ3) is 9.07. The second-order valence-electron chi connectivity index (χ2n) is 13.7. The van der Waals surface area contributed by atoms with Crippen molar-refractivity contribution in [2.45, 2.75) is 65.8 Å². The van der Waals surface area contributed by atoms with E-state index in [1.807, 2.05) is 27.7 Å². The van der Waals surface area contributed by atoms with Crippen molar-refractivity contribution in [2.24, 2.45) is 0 Å². The highest BCUT2D eigenvalue weighted by atomic mass is 19.1. The van der Waals surface area contributed by atoms with Crippen LogP contribution in [0.1, 0.15) is 77.6 Å². The van der Waals surface area contributed by atoms with Gasteiger partial charge in [-0.3, -0.25) is 14.5 Å². The molecule has 3 heterocycles. The first-order chi connectivity index (χ1) is 23.7. The molecule has 0 saturated carbocycles. The van der Waals surface area contributed by atoms with E-state index in [0.717, 1.165) is 12.1 Å². The van der Waals surface area contributed by atoms with E-state index in [4.69, 9.17) is 14.2 Å². The lowest BCUT2D eigenvalue weighted by Crippen LogP contribution is -2.48. The lowest BCUT2D eigenvalue weighted by molar-refractivity contribution is -0.458. The number of anilines is 1. The molecule has 2 aromatic carbocycles. The monoisotopic (exact) mass is 692 g/mol. The molecule has 1 unspecified atom stereocenters. The molecule has 50 heavy (non-hydrogen) atoms. The number of halogens is 2. The molecule has 3 amide bonds. The van der Waals surface area contributed by atoms with Gasteiger partial charge < -0.3 is 24.8 Å². The molecule has 11 nitrogen and oxygen atoms in total. The number of benzene rings is 2. The fourth-order valence-corrected chi connectivity index (χ4v) is 5.65. The fourth-order valence-electron chi connectivity index (χ4n) is 5.65. The maximum absolute atomic E-state index is 14.9. The minimum Gasteiger partial charge on any atom is -0.484 e. The van der Waals surface area contributed by atoms with Crippen LogP contribution in [-0.2, 0) is 9.47 Å². The molecule has 2 aliphatic rings. The molecule has 3 aromatic rings. The van der Waals surface area contributed by atoms with Gasteiger partial charge in [-0.15, -0.1) is 4.58 Å². The molecule has 0 bridgehead atoms. The molecule has 1 saturated heterocycles. The molecule has 13 heteroatoms. The average molecular weight is 693 g/mol. The largest absolute Gasteiger partial charge is 0.596 e. The number of hydrogen-bond acceptors (Lipinski definition) is 8. The molecule has 1 aromatic heterocycles. The Bertz CT molecular complexity index is 1800. The number of rotatable bonds is 10. The van der Waals surface area contributed by atoms with Crippen molar-refractivity contribution in [3.8, 4) is 5.75 Å². The van der Waals surface area contributed by atoms with Gasteiger partial charge in [-0.2, -0.15) is 4.79 Å². The number of carbonyl (C=O) groups excluding carboxylic acids is 3. The Morgan fingerprint density at radius 3 is 2.44 bits per heavy atom. The summed E-state index contributed by atoms with van der Waals surface area (Å²) in [6.45, 7) is 13.1. The summed E-state index contributed by atoms with van der Waals surface area (Å²) in [4.78, 5) is 45.9. The van der Waals surface area contributed by atoms with Crippen molar-refractivity contribution in [1.82, 2.24) is 15.2 Å². The lowest BCUT2D eigenvalue weighted by atomic mass is 10.0. The van der Waals surface area contributed by atoms with Crippen LogP contribution in [0.25, 0.3) is 0 Å². The van der Waals surface area contributed by atoms with E-state index in [0.29, 0.717) is 49.5 Å². The predicted molar refractivity (Wildman–Crippen MR) is 183 cm³/mol. The van der Waals surface area contributed by atoms with E-state index < -0.39 is 41.2 Å². The first kappa shape index (κ1) is 36.5. The van der Waals surface area contributed by atoms with Gasteiger partial charge in [0.05, 0.1) is 24.8 Å². The Balaban J connectivity index is 1.47. The zero-order valence-electron chi connectivity index (χ0n) is 29.3. The van der Waals surface area contributed by atoms with Gasteiger partial charge in [0.25, 0.3) is 11.8 Å². The summed E-state index contributed by atoms with van der Waals surface area (Å²) in [5.41, 5.74) is 1.80. The van der Waals surface area contributed by atoms with E-state index in [2.05, 4.69) is 20.5 Å². The van der Waals surface area contributed by atoms with Crippen LogP contribution in [-0.4, -0.2) is 89.1 Å². The number of amides is 3. The minimum absolute atomic E-state index is 0.0663. The Hall–Kier alpha value is -4.75. The first-order valence-corrected chi connectivity index (χ1v) is 16.6. The van der Waals surface area contributed by atoms with Crippen LogP contribution in [0, 0.1) is 25.5 Å². The zero-order chi connectivity index (χ0) is 36.2. The van der Waals surface area contributed by atoms with Crippen molar-refractivity contribution in [2.75, 3.05) is 44.6 Å². The minimum atomic E-state index is -0.755. The van der Waals surface area contributed by atoms with Crippen LogP contribution in [0.3, 0.4) is 0 Å². The van der Waals surface area contributed by atoms with Crippen LogP contribution >= 0.6 is 0 Å². The zero-order valence-corrected chi connectivity index (χ0v) is 29.3. The van der Waals surface area contributed by atoms with Crippen LogP contribution < -0.4 is 15.4 Å².